The van der Waals surface area contributed by atoms with Crippen molar-refractivity contribution in [3.8, 4) is 0 Å². The zero-order valence-electron chi connectivity index (χ0n) is 12.0. The molecule has 0 unspecified atom stereocenters. The zero-order chi connectivity index (χ0) is 15.8. The summed E-state index contributed by atoms with van der Waals surface area (Å²) in [5.74, 6) is -0.695. The minimum Gasteiger partial charge on any atom is -0.463 e. The molecule has 0 fully saturated rings. The van der Waals surface area contributed by atoms with Crippen molar-refractivity contribution in [1.82, 2.24) is 14.7 Å². The standard InChI is InChI=1S/C14H16N4O3S/c1-21-12(19)11-16-14(22-18-11)17-13(20)15-9-5-8-10-6-3-2-4-7-10/h2-4,6-7H,5,8-9H2,1H3,(H2,15,16,17,18,20). The van der Waals surface area contributed by atoms with E-state index in [0.29, 0.717) is 6.54 Å². The highest BCUT2D eigenvalue weighted by Crippen LogP contribution is 2.11. The Hall–Kier alpha value is -2.48. The van der Waals surface area contributed by atoms with Crippen LogP contribution in [0.1, 0.15) is 22.6 Å². The summed E-state index contributed by atoms with van der Waals surface area (Å²) in [4.78, 5) is 26.7. The first-order valence-corrected chi connectivity index (χ1v) is 7.47. The second-order valence-electron chi connectivity index (χ2n) is 4.38. The Morgan fingerprint density at radius 2 is 2.05 bits per heavy atom. The summed E-state index contributed by atoms with van der Waals surface area (Å²) >= 11 is 0.924. The summed E-state index contributed by atoms with van der Waals surface area (Å²) in [6.45, 7) is 0.545. The Kier molecular flexibility index (Phi) is 5.84. The molecule has 1 heterocycles. The van der Waals surface area contributed by atoms with Crippen LogP contribution >= 0.6 is 11.5 Å². The third-order valence-electron chi connectivity index (χ3n) is 2.79. The van der Waals surface area contributed by atoms with Gasteiger partial charge in [-0.25, -0.2) is 9.59 Å². The molecule has 0 saturated heterocycles. The van der Waals surface area contributed by atoms with Gasteiger partial charge >= 0.3 is 12.0 Å². The van der Waals surface area contributed by atoms with Gasteiger partial charge < -0.3 is 10.1 Å². The van der Waals surface area contributed by atoms with E-state index in [9.17, 15) is 9.59 Å². The monoisotopic (exact) mass is 320 g/mol. The highest BCUT2D eigenvalue weighted by molar-refractivity contribution is 7.10. The van der Waals surface area contributed by atoms with Crippen LogP contribution in [0.5, 0.6) is 0 Å². The van der Waals surface area contributed by atoms with Crippen LogP contribution in [0.3, 0.4) is 0 Å². The fraction of sp³-hybridized carbons (Fsp3) is 0.286. The minimum absolute atomic E-state index is 0.0631. The van der Waals surface area contributed by atoms with Crippen molar-refractivity contribution < 1.29 is 14.3 Å². The highest BCUT2D eigenvalue weighted by atomic mass is 32.1. The van der Waals surface area contributed by atoms with Crippen molar-refractivity contribution >= 4 is 28.7 Å². The fourth-order valence-electron chi connectivity index (χ4n) is 1.73. The van der Waals surface area contributed by atoms with Gasteiger partial charge in [-0.3, -0.25) is 5.32 Å². The number of benzene rings is 1. The smallest absolute Gasteiger partial charge is 0.377 e. The molecule has 8 heteroatoms. The zero-order valence-corrected chi connectivity index (χ0v) is 12.9. The molecule has 0 bridgehead atoms. The average Bonchev–Trinajstić information content (AvgIpc) is 3.00. The van der Waals surface area contributed by atoms with E-state index < -0.39 is 5.97 Å². The lowest BCUT2D eigenvalue weighted by Gasteiger charge is -2.05. The van der Waals surface area contributed by atoms with Gasteiger partial charge in [0.05, 0.1) is 7.11 Å². The lowest BCUT2D eigenvalue weighted by molar-refractivity contribution is 0.0588. The first-order valence-electron chi connectivity index (χ1n) is 6.70. The first kappa shape index (κ1) is 15.9. The van der Waals surface area contributed by atoms with Crippen molar-refractivity contribution in [2.45, 2.75) is 12.8 Å². The van der Waals surface area contributed by atoms with Crippen molar-refractivity contribution in [2.24, 2.45) is 0 Å². The summed E-state index contributed by atoms with van der Waals surface area (Å²) in [7, 11) is 1.25. The SMILES string of the molecule is COC(=O)c1nsc(NC(=O)NCCCc2ccccc2)n1. The molecule has 0 saturated carbocycles. The van der Waals surface area contributed by atoms with Crippen LogP contribution in [0.15, 0.2) is 30.3 Å². The molecule has 116 valence electrons. The molecule has 0 aliphatic rings. The maximum atomic E-state index is 11.7. The molecule has 0 aliphatic heterocycles. The van der Waals surface area contributed by atoms with E-state index in [2.05, 4.69) is 36.9 Å². The number of rotatable bonds is 6. The third-order valence-corrected chi connectivity index (χ3v) is 3.42. The number of amides is 2. The van der Waals surface area contributed by atoms with Gasteiger partial charge in [0, 0.05) is 18.1 Å². The van der Waals surface area contributed by atoms with Crippen LogP contribution in [0.2, 0.25) is 0 Å². The Morgan fingerprint density at radius 3 is 2.77 bits per heavy atom. The minimum atomic E-state index is -0.632. The van der Waals surface area contributed by atoms with Crippen molar-refractivity contribution in [3.05, 3.63) is 41.7 Å². The molecule has 22 heavy (non-hydrogen) atoms. The van der Waals surface area contributed by atoms with Crippen molar-refractivity contribution in [2.75, 3.05) is 19.0 Å². The number of urea groups is 1. The number of carbonyl (C=O) groups excluding carboxylic acids is 2. The van der Waals surface area contributed by atoms with Gasteiger partial charge in [0.1, 0.15) is 0 Å². The first-order chi connectivity index (χ1) is 10.7. The number of aromatic nitrogens is 2. The summed E-state index contributed by atoms with van der Waals surface area (Å²) in [6.07, 6.45) is 1.73. The number of nitrogens with zero attached hydrogens (tertiary/aromatic N) is 2. The topological polar surface area (TPSA) is 93.2 Å². The van der Waals surface area contributed by atoms with Crippen LogP contribution < -0.4 is 10.6 Å². The predicted molar refractivity (Wildman–Crippen MR) is 83.0 cm³/mol. The van der Waals surface area contributed by atoms with E-state index in [1.54, 1.807) is 0 Å². The maximum Gasteiger partial charge on any atom is 0.377 e. The lowest BCUT2D eigenvalue weighted by atomic mass is 10.1. The Morgan fingerprint density at radius 1 is 1.27 bits per heavy atom. The molecule has 0 atom stereocenters. The molecule has 1 aromatic heterocycles. The van der Waals surface area contributed by atoms with Gasteiger partial charge in [-0.05, 0) is 18.4 Å². The van der Waals surface area contributed by atoms with E-state index in [0.717, 1.165) is 24.4 Å². The van der Waals surface area contributed by atoms with E-state index in [4.69, 9.17) is 0 Å². The number of hydrogen-bond donors (Lipinski definition) is 2. The van der Waals surface area contributed by atoms with E-state index >= 15 is 0 Å². The molecular formula is C14H16N4O3S. The van der Waals surface area contributed by atoms with E-state index in [-0.39, 0.29) is 17.0 Å². The molecule has 0 radical (unpaired) electrons. The van der Waals surface area contributed by atoms with Crippen LogP contribution in [0.4, 0.5) is 9.93 Å². The molecule has 2 amide bonds. The number of esters is 1. The number of anilines is 1. The number of methoxy groups -OCH3 is 1. The van der Waals surface area contributed by atoms with Gasteiger partial charge in [-0.2, -0.15) is 9.36 Å². The van der Waals surface area contributed by atoms with Crippen LogP contribution in [-0.2, 0) is 11.2 Å². The quantitative estimate of drug-likeness (QED) is 0.628. The number of nitrogens with one attached hydrogen (secondary N) is 2. The second-order valence-corrected chi connectivity index (χ2v) is 5.14. The molecular weight excluding hydrogens is 304 g/mol. The van der Waals surface area contributed by atoms with E-state index in [1.165, 1.54) is 12.7 Å². The number of hydrogen-bond acceptors (Lipinski definition) is 6. The molecule has 2 N–H and O–H groups in total. The summed E-state index contributed by atoms with van der Waals surface area (Å²) < 4.78 is 8.28. The number of ether oxygens (including phenoxy) is 1. The second kappa shape index (κ2) is 8.08. The Labute approximate surface area is 131 Å². The fourth-order valence-corrected chi connectivity index (χ4v) is 2.28. The molecule has 7 nitrogen and oxygen atoms in total. The van der Waals surface area contributed by atoms with Crippen LogP contribution in [0.25, 0.3) is 0 Å². The van der Waals surface area contributed by atoms with Gasteiger partial charge in [0.15, 0.2) is 0 Å². The molecule has 2 aromatic rings. The Balaban J connectivity index is 1.69. The van der Waals surface area contributed by atoms with Crippen LogP contribution in [0, 0.1) is 0 Å². The number of carbonyl (C=O) groups is 2. The summed E-state index contributed by atoms with van der Waals surface area (Å²) in [6, 6.07) is 9.68. The van der Waals surface area contributed by atoms with Crippen molar-refractivity contribution in [3.63, 3.8) is 0 Å². The van der Waals surface area contributed by atoms with Crippen LogP contribution in [-0.4, -0.2) is 35.0 Å². The maximum absolute atomic E-state index is 11.7. The third kappa shape index (κ3) is 4.81. The lowest BCUT2D eigenvalue weighted by Crippen LogP contribution is -2.29. The highest BCUT2D eigenvalue weighted by Gasteiger charge is 2.14. The molecule has 1 aromatic carbocycles. The summed E-state index contributed by atoms with van der Waals surface area (Å²) in [5.41, 5.74) is 1.23. The van der Waals surface area contributed by atoms with Gasteiger partial charge in [0.2, 0.25) is 5.13 Å². The normalized spacial score (nSPS) is 10.0. The average molecular weight is 320 g/mol. The van der Waals surface area contributed by atoms with Gasteiger partial charge in [-0.15, -0.1) is 0 Å². The number of aryl methyl sites for hydroxylation is 1. The summed E-state index contributed by atoms with van der Waals surface area (Å²) in [5, 5.41) is 5.50. The van der Waals surface area contributed by atoms with E-state index in [1.807, 2.05) is 18.2 Å². The predicted octanol–water partition coefficient (Wildman–Crippen LogP) is 2.08. The van der Waals surface area contributed by atoms with Gasteiger partial charge in [0.25, 0.3) is 5.82 Å². The Bertz CT molecular complexity index is 630. The molecule has 0 aliphatic carbocycles. The van der Waals surface area contributed by atoms with Crippen molar-refractivity contribution in [1.29, 1.82) is 0 Å². The van der Waals surface area contributed by atoms with Gasteiger partial charge in [-0.1, -0.05) is 30.3 Å². The largest absolute Gasteiger partial charge is 0.463 e. The molecule has 0 spiro atoms. The molecule has 2 rings (SSSR count).